The lowest BCUT2D eigenvalue weighted by Crippen LogP contribution is -3.14. The summed E-state index contributed by atoms with van der Waals surface area (Å²) in [4.78, 5) is 76.7. The summed E-state index contributed by atoms with van der Waals surface area (Å²) in [6, 6.07) is 0. The van der Waals surface area contributed by atoms with Crippen molar-refractivity contribution in [1.82, 2.24) is 5.06 Å². The molecule has 0 aliphatic carbocycles. The summed E-state index contributed by atoms with van der Waals surface area (Å²) < 4.78 is 4.68. The number of hydroxylamine groups is 4. The number of carbonyl (C=O) groups excluding carboxylic acids is 6. The van der Waals surface area contributed by atoms with Gasteiger partial charge in [0, 0.05) is 12.8 Å². The average molecular weight is 329 g/mol. The van der Waals surface area contributed by atoms with Gasteiger partial charge in [0.2, 0.25) is 0 Å². The topological polar surface area (TPSA) is 138 Å². The summed E-state index contributed by atoms with van der Waals surface area (Å²) in [6.45, 7) is -1.43. The van der Waals surface area contributed by atoms with Gasteiger partial charge in [-0.05, 0) is 5.06 Å². The highest BCUT2D eigenvalue weighted by Gasteiger charge is 2.40. The van der Waals surface area contributed by atoms with E-state index in [1.54, 1.807) is 0 Å². The molecule has 0 unspecified atom stereocenters. The van der Waals surface area contributed by atoms with E-state index < -0.39 is 53.8 Å². The van der Waals surface area contributed by atoms with Gasteiger partial charge in [-0.1, -0.05) is 0 Å². The van der Waals surface area contributed by atoms with E-state index in [4.69, 9.17) is 0 Å². The number of imide groups is 2. The van der Waals surface area contributed by atoms with Crippen molar-refractivity contribution in [3.63, 3.8) is 0 Å². The predicted octanol–water partition coefficient (Wildman–Crippen LogP) is -3.20. The number of nitrogens with one attached hydrogen (secondary N) is 1. The number of ether oxygens (including phenoxy) is 1. The van der Waals surface area contributed by atoms with Gasteiger partial charge in [0.05, 0.1) is 12.8 Å². The van der Waals surface area contributed by atoms with Crippen molar-refractivity contribution in [2.45, 2.75) is 25.7 Å². The first-order valence-electron chi connectivity index (χ1n) is 6.67. The molecule has 11 nitrogen and oxygen atoms in total. The summed E-state index contributed by atoms with van der Waals surface area (Å²) in [5.41, 5.74) is 0. The predicted molar refractivity (Wildman–Crippen MR) is 64.3 cm³/mol. The zero-order valence-electron chi connectivity index (χ0n) is 11.9. The zero-order valence-corrected chi connectivity index (χ0v) is 11.9. The standard InChI is InChI=1S/C12H12N2O9/c15-7-1-2-8(16)13(7)22-11(19)5-21-6-12(20)23-14-9(17)3-4-10(14)18/h1-6H2/p+1. The molecule has 0 aromatic carbocycles. The summed E-state index contributed by atoms with van der Waals surface area (Å²) >= 11 is 0. The van der Waals surface area contributed by atoms with Crippen LogP contribution in [0, 0.1) is 0 Å². The third kappa shape index (κ3) is 4.17. The van der Waals surface area contributed by atoms with E-state index in [0.717, 1.165) is 0 Å². The lowest BCUT2D eigenvalue weighted by molar-refractivity contribution is -0.934. The first-order valence-corrected chi connectivity index (χ1v) is 6.67. The Morgan fingerprint density at radius 1 is 0.870 bits per heavy atom. The highest BCUT2D eigenvalue weighted by atomic mass is 16.7. The molecule has 1 N–H and O–H groups in total. The van der Waals surface area contributed by atoms with Crippen molar-refractivity contribution in [3.8, 4) is 0 Å². The second-order valence-corrected chi connectivity index (χ2v) is 4.69. The minimum Gasteiger partial charge on any atom is -0.358 e. The molecule has 0 radical (unpaired) electrons. The van der Waals surface area contributed by atoms with Crippen molar-refractivity contribution in [1.29, 1.82) is 0 Å². The second-order valence-electron chi connectivity index (χ2n) is 4.69. The lowest BCUT2D eigenvalue weighted by Gasteiger charge is -2.12. The van der Waals surface area contributed by atoms with Gasteiger partial charge in [0.1, 0.15) is 6.61 Å². The Hall–Kier alpha value is -2.66. The molecule has 2 aliphatic rings. The van der Waals surface area contributed by atoms with Gasteiger partial charge < -0.3 is 9.57 Å². The molecule has 0 aromatic rings. The Morgan fingerprint density at radius 3 is 1.96 bits per heavy atom. The van der Waals surface area contributed by atoms with Crippen molar-refractivity contribution in [2.24, 2.45) is 0 Å². The smallest absolute Gasteiger partial charge is 0.358 e. The van der Waals surface area contributed by atoms with Crippen molar-refractivity contribution in [2.75, 3.05) is 13.2 Å². The fourth-order valence-corrected chi connectivity index (χ4v) is 1.87. The molecule has 0 saturated carbocycles. The summed E-state index contributed by atoms with van der Waals surface area (Å²) in [7, 11) is 0. The van der Waals surface area contributed by atoms with Crippen LogP contribution in [0.5, 0.6) is 0 Å². The van der Waals surface area contributed by atoms with Gasteiger partial charge in [-0.15, -0.1) is 5.06 Å². The Balaban J connectivity index is 1.68. The van der Waals surface area contributed by atoms with Crippen LogP contribution in [0.4, 0.5) is 0 Å². The van der Waals surface area contributed by atoms with E-state index >= 15 is 0 Å². The third-order valence-electron chi connectivity index (χ3n) is 2.94. The van der Waals surface area contributed by atoms with E-state index in [1.807, 2.05) is 0 Å². The van der Waals surface area contributed by atoms with Crippen LogP contribution in [0.1, 0.15) is 25.7 Å². The van der Waals surface area contributed by atoms with Gasteiger partial charge in [-0.25, -0.2) is 19.2 Å². The number of rotatable bonds is 6. The third-order valence-corrected chi connectivity index (χ3v) is 2.94. The minimum atomic E-state index is -1.05. The molecule has 23 heavy (non-hydrogen) atoms. The van der Waals surface area contributed by atoms with Crippen LogP contribution >= 0.6 is 0 Å². The van der Waals surface area contributed by atoms with Crippen molar-refractivity contribution >= 4 is 35.6 Å². The highest BCUT2D eigenvalue weighted by molar-refractivity contribution is 6.01. The number of carbonyl (C=O) groups is 6. The van der Waals surface area contributed by atoms with Crippen LogP contribution in [-0.2, 0) is 43.2 Å². The first kappa shape index (κ1) is 16.7. The molecule has 124 valence electrons. The molecule has 0 atom stereocenters. The molecular formula is C12H13N2O9+. The van der Waals surface area contributed by atoms with Gasteiger partial charge in [-0.3, -0.25) is 14.4 Å². The molecule has 2 rings (SSSR count). The molecule has 4 amide bonds. The van der Waals surface area contributed by atoms with Crippen LogP contribution < -0.4 is 5.06 Å². The van der Waals surface area contributed by atoms with Gasteiger partial charge in [0.25, 0.3) is 11.8 Å². The molecular weight excluding hydrogens is 316 g/mol. The number of hydrogen-bond acceptors (Lipinski definition) is 9. The molecule has 2 fully saturated rings. The zero-order chi connectivity index (χ0) is 17.0. The normalized spacial score (nSPS) is 18.7. The molecule has 0 spiro atoms. The number of hydrogen-bond donors (Lipinski definition) is 1. The molecule has 11 heteroatoms. The fraction of sp³-hybridized carbons (Fsp3) is 0.500. The minimum absolute atomic E-state index is 0.00742. The van der Waals surface area contributed by atoms with Gasteiger partial charge in [0.15, 0.2) is 6.61 Å². The fourth-order valence-electron chi connectivity index (χ4n) is 1.87. The summed E-state index contributed by atoms with van der Waals surface area (Å²) in [5.74, 6) is -4.48. The van der Waals surface area contributed by atoms with Crippen molar-refractivity contribution < 1.29 is 48.2 Å². The monoisotopic (exact) mass is 329 g/mol. The second kappa shape index (κ2) is 7.07. The Morgan fingerprint density at radius 2 is 1.39 bits per heavy atom. The van der Waals surface area contributed by atoms with Gasteiger partial charge >= 0.3 is 23.8 Å². The average Bonchev–Trinajstić information content (AvgIpc) is 2.97. The number of nitrogens with zero attached hydrogens (tertiary/aromatic N) is 1. The van der Waals surface area contributed by atoms with Crippen LogP contribution in [-0.4, -0.2) is 53.8 Å². The maximum Gasteiger partial charge on any atom is 0.393 e. The molecule has 0 aromatic heterocycles. The highest BCUT2D eigenvalue weighted by Crippen LogP contribution is 2.11. The summed E-state index contributed by atoms with van der Waals surface area (Å²) in [5, 5.41) is -0.190. The Labute approximate surface area is 128 Å². The van der Waals surface area contributed by atoms with Gasteiger partial charge in [-0.2, -0.15) is 0 Å². The molecule has 2 aliphatic heterocycles. The SMILES string of the molecule is O=C(COCC(=O)O[NH+]1C(=O)CCC1=O)ON1C(=O)CCC1=O. The molecule has 0 bridgehead atoms. The Kier molecular flexibility index (Phi) is 5.13. The van der Waals surface area contributed by atoms with E-state index in [9.17, 15) is 28.8 Å². The van der Waals surface area contributed by atoms with Crippen molar-refractivity contribution in [3.05, 3.63) is 0 Å². The van der Waals surface area contributed by atoms with E-state index in [1.165, 1.54) is 0 Å². The lowest BCUT2D eigenvalue weighted by atomic mass is 10.4. The quantitative estimate of drug-likeness (QED) is 0.499. The first-order chi connectivity index (χ1) is 10.9. The number of quaternary nitrogens is 1. The maximum atomic E-state index is 11.4. The van der Waals surface area contributed by atoms with E-state index in [2.05, 4.69) is 14.4 Å². The van der Waals surface area contributed by atoms with Crippen LogP contribution in [0.25, 0.3) is 0 Å². The summed E-state index contributed by atoms with van der Waals surface area (Å²) in [6.07, 6.45) is -0.0982. The van der Waals surface area contributed by atoms with E-state index in [-0.39, 0.29) is 25.7 Å². The van der Waals surface area contributed by atoms with Crippen LogP contribution in [0.3, 0.4) is 0 Å². The molecule has 2 heterocycles. The van der Waals surface area contributed by atoms with Crippen LogP contribution in [0.2, 0.25) is 0 Å². The van der Waals surface area contributed by atoms with Crippen LogP contribution in [0.15, 0.2) is 0 Å². The maximum absolute atomic E-state index is 11.4. The number of amides is 4. The van der Waals surface area contributed by atoms with E-state index in [0.29, 0.717) is 5.06 Å². The molecule has 2 saturated heterocycles. The Bertz CT molecular complexity index is 503. The largest absolute Gasteiger partial charge is 0.393 e.